The van der Waals surface area contributed by atoms with Gasteiger partial charge in [0.25, 0.3) is 5.56 Å². The van der Waals surface area contributed by atoms with Crippen LogP contribution in [0.5, 0.6) is 0 Å². The van der Waals surface area contributed by atoms with E-state index in [9.17, 15) is 9.59 Å². The molecule has 0 atom stereocenters. The first kappa shape index (κ1) is 13.8. The maximum Gasteiger partial charge on any atom is 0.327 e. The molecule has 1 aliphatic rings. The van der Waals surface area contributed by atoms with E-state index < -0.39 is 5.69 Å². The molecule has 0 saturated carbocycles. The molecular weight excluding hydrogens is 292 g/mol. The molecule has 21 heavy (non-hydrogen) atoms. The summed E-state index contributed by atoms with van der Waals surface area (Å²) < 4.78 is 0. The van der Waals surface area contributed by atoms with Gasteiger partial charge in [0.2, 0.25) is 0 Å². The Bertz CT molecular complexity index is 701. The Morgan fingerprint density at radius 2 is 1.52 bits per heavy atom. The minimum absolute atomic E-state index is 0.381. The minimum atomic E-state index is -0.474. The van der Waals surface area contributed by atoms with E-state index in [0.717, 1.165) is 36.9 Å². The van der Waals surface area contributed by atoms with Gasteiger partial charge in [-0.1, -0.05) is 11.6 Å². The molecule has 110 valence electrons. The van der Waals surface area contributed by atoms with E-state index in [2.05, 4.69) is 14.9 Å². The normalized spacial score (nSPS) is 15.3. The Morgan fingerprint density at radius 1 is 0.905 bits per heavy atom. The largest absolute Gasteiger partial charge is 0.368 e. The lowest BCUT2D eigenvalue weighted by Gasteiger charge is -2.36. The number of nitrogens with one attached hydrogen (secondary N) is 2. The second kappa shape index (κ2) is 5.65. The van der Waals surface area contributed by atoms with Crippen LogP contribution in [0.1, 0.15) is 0 Å². The molecule has 6 nitrogen and oxygen atoms in total. The second-order valence-corrected chi connectivity index (χ2v) is 5.36. The van der Waals surface area contributed by atoms with Crippen LogP contribution in [0.3, 0.4) is 0 Å². The van der Waals surface area contributed by atoms with Crippen molar-refractivity contribution in [2.75, 3.05) is 36.0 Å². The molecule has 0 radical (unpaired) electrons. The summed E-state index contributed by atoms with van der Waals surface area (Å²) in [5, 5.41) is 0.721. The van der Waals surface area contributed by atoms with Gasteiger partial charge >= 0.3 is 5.69 Å². The summed E-state index contributed by atoms with van der Waals surface area (Å²) in [7, 11) is 0. The molecule has 1 aromatic heterocycles. The molecule has 2 heterocycles. The van der Waals surface area contributed by atoms with Crippen molar-refractivity contribution in [2.24, 2.45) is 0 Å². The number of piperazine rings is 1. The number of halogens is 1. The first-order chi connectivity index (χ1) is 10.1. The summed E-state index contributed by atoms with van der Waals surface area (Å²) in [4.78, 5) is 31.7. The smallest absolute Gasteiger partial charge is 0.327 e. The summed E-state index contributed by atoms with van der Waals surface area (Å²) in [6.45, 7) is 3.11. The second-order valence-electron chi connectivity index (χ2n) is 4.92. The molecule has 1 aromatic carbocycles. The van der Waals surface area contributed by atoms with Crippen LogP contribution in [-0.2, 0) is 0 Å². The summed E-state index contributed by atoms with van der Waals surface area (Å²) in [5.74, 6) is 0.569. The zero-order valence-electron chi connectivity index (χ0n) is 11.3. The van der Waals surface area contributed by atoms with Gasteiger partial charge in [0.05, 0.1) is 0 Å². The molecule has 2 N–H and O–H groups in total. The van der Waals surface area contributed by atoms with Crippen LogP contribution in [-0.4, -0.2) is 36.1 Å². The van der Waals surface area contributed by atoms with Crippen LogP contribution in [0, 0.1) is 0 Å². The van der Waals surface area contributed by atoms with E-state index in [1.54, 1.807) is 0 Å². The molecule has 7 heteroatoms. The number of aromatic amines is 2. The first-order valence-corrected chi connectivity index (χ1v) is 7.09. The van der Waals surface area contributed by atoms with E-state index in [4.69, 9.17) is 11.6 Å². The lowest BCUT2D eigenvalue weighted by Crippen LogP contribution is -2.47. The Morgan fingerprint density at radius 3 is 2.14 bits per heavy atom. The van der Waals surface area contributed by atoms with Crippen LogP contribution in [0.15, 0.2) is 39.9 Å². The average molecular weight is 307 g/mol. The third-order valence-corrected chi connectivity index (χ3v) is 3.81. The van der Waals surface area contributed by atoms with Crippen molar-refractivity contribution in [1.82, 2.24) is 9.97 Å². The van der Waals surface area contributed by atoms with Crippen molar-refractivity contribution in [1.29, 1.82) is 0 Å². The molecule has 1 fully saturated rings. The van der Waals surface area contributed by atoms with Crippen molar-refractivity contribution in [3.05, 3.63) is 56.2 Å². The molecule has 3 rings (SSSR count). The molecule has 0 unspecified atom stereocenters. The van der Waals surface area contributed by atoms with Crippen LogP contribution in [0.25, 0.3) is 0 Å². The van der Waals surface area contributed by atoms with Crippen LogP contribution in [0.4, 0.5) is 11.5 Å². The number of anilines is 2. The maximum atomic E-state index is 11.3. The van der Waals surface area contributed by atoms with Crippen molar-refractivity contribution < 1.29 is 0 Å². The first-order valence-electron chi connectivity index (χ1n) is 6.71. The highest BCUT2D eigenvalue weighted by molar-refractivity contribution is 6.30. The fourth-order valence-corrected chi connectivity index (χ4v) is 2.61. The number of H-pyrrole nitrogens is 2. The van der Waals surface area contributed by atoms with Gasteiger partial charge in [0.1, 0.15) is 5.82 Å². The van der Waals surface area contributed by atoms with Crippen LogP contribution < -0.4 is 21.0 Å². The number of rotatable bonds is 2. The quantitative estimate of drug-likeness (QED) is 0.870. The Kier molecular flexibility index (Phi) is 3.70. The third-order valence-electron chi connectivity index (χ3n) is 3.56. The highest BCUT2D eigenvalue weighted by Gasteiger charge is 2.18. The van der Waals surface area contributed by atoms with Crippen molar-refractivity contribution in [3.8, 4) is 0 Å². The van der Waals surface area contributed by atoms with Crippen LogP contribution in [0.2, 0.25) is 5.02 Å². The predicted octanol–water partition coefficient (Wildman–Crippen LogP) is 1.04. The van der Waals surface area contributed by atoms with E-state index in [-0.39, 0.29) is 5.56 Å². The summed E-state index contributed by atoms with van der Waals surface area (Å²) >= 11 is 5.89. The average Bonchev–Trinajstić information content (AvgIpc) is 2.47. The Balaban J connectivity index is 1.71. The van der Waals surface area contributed by atoms with E-state index in [0.29, 0.717) is 5.82 Å². The molecule has 0 spiro atoms. The highest BCUT2D eigenvalue weighted by Crippen LogP contribution is 2.20. The summed E-state index contributed by atoms with van der Waals surface area (Å²) in [6.07, 6.45) is 0. The van der Waals surface area contributed by atoms with E-state index in [1.165, 1.54) is 6.07 Å². The summed E-state index contributed by atoms with van der Waals surface area (Å²) in [6, 6.07) is 9.15. The van der Waals surface area contributed by atoms with Crippen molar-refractivity contribution >= 4 is 23.1 Å². The molecular formula is C14H15ClN4O2. The van der Waals surface area contributed by atoms with Crippen molar-refractivity contribution in [3.63, 3.8) is 0 Å². The number of aromatic nitrogens is 2. The highest BCUT2D eigenvalue weighted by atomic mass is 35.5. The van der Waals surface area contributed by atoms with Gasteiger partial charge in [-0.2, -0.15) is 0 Å². The van der Waals surface area contributed by atoms with Crippen LogP contribution >= 0.6 is 11.6 Å². The monoisotopic (exact) mass is 306 g/mol. The number of nitrogens with zero attached hydrogens (tertiary/aromatic N) is 2. The SMILES string of the molecule is O=c1cc(N2CCN(c3ccc(Cl)cc3)CC2)[nH]c(=O)[nH]1. The fourth-order valence-electron chi connectivity index (χ4n) is 2.48. The molecule has 2 aromatic rings. The third kappa shape index (κ3) is 3.11. The Hall–Kier alpha value is -2.21. The minimum Gasteiger partial charge on any atom is -0.368 e. The maximum absolute atomic E-state index is 11.3. The van der Waals surface area contributed by atoms with Gasteiger partial charge in [-0.25, -0.2) is 4.79 Å². The van der Waals surface area contributed by atoms with Gasteiger partial charge in [-0.15, -0.1) is 0 Å². The van der Waals surface area contributed by atoms with Gasteiger partial charge in [-0.3, -0.25) is 14.8 Å². The summed E-state index contributed by atoms with van der Waals surface area (Å²) in [5.41, 5.74) is 0.268. The molecule has 0 bridgehead atoms. The van der Waals surface area contributed by atoms with E-state index in [1.807, 2.05) is 29.2 Å². The van der Waals surface area contributed by atoms with Gasteiger partial charge < -0.3 is 9.80 Å². The van der Waals surface area contributed by atoms with Gasteiger partial charge in [0.15, 0.2) is 0 Å². The molecule has 0 aliphatic carbocycles. The van der Waals surface area contributed by atoms with Gasteiger partial charge in [0, 0.05) is 43.0 Å². The van der Waals surface area contributed by atoms with Crippen molar-refractivity contribution in [2.45, 2.75) is 0 Å². The fraction of sp³-hybridized carbons (Fsp3) is 0.286. The number of hydrogen-bond acceptors (Lipinski definition) is 4. The van der Waals surface area contributed by atoms with Gasteiger partial charge in [-0.05, 0) is 24.3 Å². The lowest BCUT2D eigenvalue weighted by atomic mass is 10.2. The molecule has 1 saturated heterocycles. The lowest BCUT2D eigenvalue weighted by molar-refractivity contribution is 0.645. The standard InChI is InChI=1S/C14H15ClN4O2/c15-10-1-3-11(4-2-10)18-5-7-19(8-6-18)12-9-13(20)17-14(21)16-12/h1-4,9H,5-8H2,(H2,16,17,20,21). The predicted molar refractivity (Wildman–Crippen MR) is 83.6 cm³/mol. The number of hydrogen-bond donors (Lipinski definition) is 2. The molecule has 1 aliphatic heterocycles. The zero-order chi connectivity index (χ0) is 14.8. The zero-order valence-corrected chi connectivity index (χ0v) is 12.1. The number of benzene rings is 1. The van der Waals surface area contributed by atoms with E-state index >= 15 is 0 Å². The topological polar surface area (TPSA) is 72.2 Å². The Labute approximate surface area is 126 Å². The molecule has 0 amide bonds.